The van der Waals surface area contributed by atoms with E-state index in [2.05, 4.69) is 22.8 Å². The predicted octanol–water partition coefficient (Wildman–Crippen LogP) is 4.42. The Labute approximate surface area is 153 Å². The van der Waals surface area contributed by atoms with Gasteiger partial charge < -0.3 is 10.1 Å². The maximum Gasteiger partial charge on any atom is 0.241 e. The highest BCUT2D eigenvalue weighted by molar-refractivity contribution is 6.32. The third kappa shape index (κ3) is 4.53. The smallest absolute Gasteiger partial charge is 0.241 e. The van der Waals surface area contributed by atoms with E-state index in [-0.39, 0.29) is 18.0 Å². The summed E-state index contributed by atoms with van der Waals surface area (Å²) in [5, 5.41) is 6.86. The molecule has 2 aromatic carbocycles. The number of carbonyl (C=O) groups excluding carboxylic acids is 1. The molecule has 25 heavy (non-hydrogen) atoms. The normalized spacial score (nSPS) is 16.1. The molecule has 2 atom stereocenters. The summed E-state index contributed by atoms with van der Waals surface area (Å²) in [6, 6.07) is 15.4. The van der Waals surface area contributed by atoms with Crippen LogP contribution in [-0.4, -0.2) is 19.1 Å². The number of rotatable bonds is 7. The van der Waals surface area contributed by atoms with E-state index >= 15 is 0 Å². The molecule has 5 heteroatoms. The Bertz CT molecular complexity index is 732. The van der Waals surface area contributed by atoms with Crippen LogP contribution in [-0.2, 0) is 4.79 Å². The Morgan fingerprint density at radius 2 is 1.92 bits per heavy atom. The summed E-state index contributed by atoms with van der Waals surface area (Å²) in [6.07, 6.45) is 2.41. The molecular weight excluding hydrogens is 336 g/mol. The number of methoxy groups -OCH3 is 1. The van der Waals surface area contributed by atoms with Crippen LogP contribution >= 0.6 is 11.6 Å². The van der Waals surface area contributed by atoms with E-state index in [9.17, 15) is 4.79 Å². The van der Waals surface area contributed by atoms with E-state index in [1.54, 1.807) is 25.3 Å². The summed E-state index contributed by atoms with van der Waals surface area (Å²) >= 11 is 6.11. The summed E-state index contributed by atoms with van der Waals surface area (Å²) in [5.74, 6) is 1.11. The molecule has 0 radical (unpaired) electrons. The van der Waals surface area contributed by atoms with Crippen LogP contribution in [0.25, 0.3) is 0 Å². The third-order valence-electron chi connectivity index (χ3n) is 4.49. The van der Waals surface area contributed by atoms with Crippen molar-refractivity contribution in [2.24, 2.45) is 5.92 Å². The lowest BCUT2D eigenvalue weighted by molar-refractivity contribution is -0.118. The second-order valence-corrected chi connectivity index (χ2v) is 6.86. The molecule has 2 N–H and O–H groups in total. The Morgan fingerprint density at radius 1 is 1.20 bits per heavy atom. The van der Waals surface area contributed by atoms with Gasteiger partial charge in [-0.25, -0.2) is 0 Å². The van der Waals surface area contributed by atoms with Crippen LogP contribution in [0, 0.1) is 5.92 Å². The topological polar surface area (TPSA) is 50.4 Å². The summed E-state index contributed by atoms with van der Waals surface area (Å²) in [6.45, 7) is 1.89. The lowest BCUT2D eigenvalue weighted by Gasteiger charge is -2.23. The van der Waals surface area contributed by atoms with Crippen molar-refractivity contribution in [3.63, 3.8) is 0 Å². The number of hydrogen-bond donors (Lipinski definition) is 2. The van der Waals surface area contributed by atoms with Gasteiger partial charge in [0, 0.05) is 11.7 Å². The minimum Gasteiger partial charge on any atom is -0.495 e. The highest BCUT2D eigenvalue weighted by atomic mass is 35.5. The molecule has 0 spiro atoms. The fourth-order valence-corrected chi connectivity index (χ4v) is 3.19. The van der Waals surface area contributed by atoms with Crippen molar-refractivity contribution in [2.45, 2.75) is 31.8 Å². The van der Waals surface area contributed by atoms with Gasteiger partial charge in [0.2, 0.25) is 5.91 Å². The number of halogens is 1. The quantitative estimate of drug-likeness (QED) is 0.770. The number of nitrogens with one attached hydrogen (secondary N) is 2. The van der Waals surface area contributed by atoms with Gasteiger partial charge in [0.05, 0.1) is 18.2 Å². The molecule has 0 bridgehead atoms. The molecule has 1 amide bonds. The predicted molar refractivity (Wildman–Crippen MR) is 101 cm³/mol. The largest absolute Gasteiger partial charge is 0.495 e. The van der Waals surface area contributed by atoms with E-state index in [1.807, 2.05) is 25.1 Å². The molecule has 1 fully saturated rings. The highest BCUT2D eigenvalue weighted by Crippen LogP contribution is 2.41. The van der Waals surface area contributed by atoms with E-state index in [4.69, 9.17) is 16.3 Å². The number of anilines is 1. The van der Waals surface area contributed by atoms with Crippen molar-refractivity contribution in [1.82, 2.24) is 5.32 Å². The van der Waals surface area contributed by atoms with Crippen molar-refractivity contribution in [3.8, 4) is 5.75 Å². The Kier molecular flexibility index (Phi) is 5.61. The number of amides is 1. The number of hydrogen-bond acceptors (Lipinski definition) is 3. The molecule has 1 aliphatic carbocycles. The molecule has 4 nitrogen and oxygen atoms in total. The van der Waals surface area contributed by atoms with E-state index < -0.39 is 0 Å². The van der Waals surface area contributed by atoms with Crippen LogP contribution in [0.5, 0.6) is 5.75 Å². The van der Waals surface area contributed by atoms with Crippen LogP contribution in [0.3, 0.4) is 0 Å². The van der Waals surface area contributed by atoms with Crippen molar-refractivity contribution in [3.05, 3.63) is 59.1 Å². The van der Waals surface area contributed by atoms with Crippen molar-refractivity contribution in [2.75, 3.05) is 12.4 Å². The first-order chi connectivity index (χ1) is 12.1. The SMILES string of the molecule is COc1ccc(NC(=O)C(C)NC(c2ccccc2)C2CC2)cc1Cl. The summed E-state index contributed by atoms with van der Waals surface area (Å²) in [7, 11) is 1.56. The lowest BCUT2D eigenvalue weighted by atomic mass is 10.0. The minimum atomic E-state index is -0.313. The fourth-order valence-electron chi connectivity index (χ4n) is 2.93. The Balaban J connectivity index is 1.64. The third-order valence-corrected chi connectivity index (χ3v) is 4.79. The maximum atomic E-state index is 12.5. The van der Waals surface area contributed by atoms with E-state index in [0.29, 0.717) is 22.4 Å². The molecule has 0 heterocycles. The maximum absolute atomic E-state index is 12.5. The molecule has 0 aliphatic heterocycles. The van der Waals surface area contributed by atoms with Gasteiger partial charge in [0.25, 0.3) is 0 Å². The van der Waals surface area contributed by atoms with Crippen molar-refractivity contribution < 1.29 is 9.53 Å². The van der Waals surface area contributed by atoms with Gasteiger partial charge in [-0.05, 0) is 49.4 Å². The van der Waals surface area contributed by atoms with Gasteiger partial charge in [0.1, 0.15) is 5.75 Å². The zero-order valence-electron chi connectivity index (χ0n) is 14.5. The summed E-state index contributed by atoms with van der Waals surface area (Å²) in [4.78, 5) is 12.5. The van der Waals surface area contributed by atoms with Crippen LogP contribution in [0.15, 0.2) is 48.5 Å². The molecule has 2 aromatic rings. The number of benzene rings is 2. The average molecular weight is 359 g/mol. The average Bonchev–Trinajstić information content (AvgIpc) is 3.45. The van der Waals surface area contributed by atoms with Crippen LogP contribution in [0.1, 0.15) is 31.4 Å². The first kappa shape index (κ1) is 17.8. The number of carbonyl (C=O) groups is 1. The van der Waals surface area contributed by atoms with Gasteiger partial charge in [-0.3, -0.25) is 10.1 Å². The zero-order valence-corrected chi connectivity index (χ0v) is 15.2. The summed E-state index contributed by atoms with van der Waals surface area (Å²) in [5.41, 5.74) is 1.89. The molecular formula is C20H23ClN2O2. The molecule has 0 saturated heterocycles. The van der Waals surface area contributed by atoms with Gasteiger partial charge in [-0.1, -0.05) is 41.9 Å². The zero-order chi connectivity index (χ0) is 17.8. The standard InChI is InChI=1S/C20H23ClN2O2/c1-13(20(24)23-16-10-11-18(25-2)17(21)12-16)22-19(15-8-9-15)14-6-4-3-5-7-14/h3-7,10-13,15,19,22H,8-9H2,1-2H3,(H,23,24). The van der Waals surface area contributed by atoms with Crippen LogP contribution in [0.4, 0.5) is 5.69 Å². The van der Waals surface area contributed by atoms with Crippen LogP contribution in [0.2, 0.25) is 5.02 Å². The monoisotopic (exact) mass is 358 g/mol. The lowest BCUT2D eigenvalue weighted by Crippen LogP contribution is -2.40. The molecule has 1 aliphatic rings. The van der Waals surface area contributed by atoms with Gasteiger partial charge in [-0.15, -0.1) is 0 Å². The van der Waals surface area contributed by atoms with Crippen molar-refractivity contribution in [1.29, 1.82) is 0 Å². The van der Waals surface area contributed by atoms with Crippen molar-refractivity contribution >= 4 is 23.2 Å². The van der Waals surface area contributed by atoms with Gasteiger partial charge >= 0.3 is 0 Å². The molecule has 1 saturated carbocycles. The molecule has 3 rings (SSSR count). The second kappa shape index (κ2) is 7.89. The van der Waals surface area contributed by atoms with E-state index in [1.165, 1.54) is 18.4 Å². The minimum absolute atomic E-state index is 0.0807. The first-order valence-electron chi connectivity index (χ1n) is 8.54. The van der Waals surface area contributed by atoms with Gasteiger partial charge in [-0.2, -0.15) is 0 Å². The molecule has 0 aromatic heterocycles. The Morgan fingerprint density at radius 3 is 2.52 bits per heavy atom. The van der Waals surface area contributed by atoms with Crippen LogP contribution < -0.4 is 15.4 Å². The number of ether oxygens (including phenoxy) is 1. The molecule has 2 unspecified atom stereocenters. The Hall–Kier alpha value is -2.04. The first-order valence-corrected chi connectivity index (χ1v) is 8.91. The highest BCUT2D eigenvalue weighted by Gasteiger charge is 2.33. The summed E-state index contributed by atoms with van der Waals surface area (Å²) < 4.78 is 5.13. The van der Waals surface area contributed by atoms with Gasteiger partial charge in [0.15, 0.2) is 0 Å². The molecule has 132 valence electrons. The second-order valence-electron chi connectivity index (χ2n) is 6.45. The van der Waals surface area contributed by atoms with E-state index in [0.717, 1.165) is 0 Å². The fraction of sp³-hybridized carbons (Fsp3) is 0.350.